The Balaban J connectivity index is 3.11. The third-order valence-corrected chi connectivity index (χ3v) is 2.40. The van der Waals surface area contributed by atoms with Gasteiger partial charge in [-0.3, -0.25) is 4.79 Å². The molecule has 0 spiro atoms. The molecule has 1 aromatic rings. The predicted molar refractivity (Wildman–Crippen MR) is 51.5 cm³/mol. The van der Waals surface area contributed by atoms with Crippen molar-refractivity contribution in [2.45, 2.75) is 19.4 Å². The third kappa shape index (κ3) is 1.78. The molecule has 0 saturated heterocycles. The second-order valence-electron chi connectivity index (χ2n) is 3.16. The summed E-state index contributed by atoms with van der Waals surface area (Å²) in [6.45, 7) is 3.32. The normalized spacial score (nSPS) is 15.0. The van der Waals surface area contributed by atoms with Crippen LogP contribution < -0.4 is 0 Å². The Hall–Kier alpha value is -1.15. The third-order valence-electron chi connectivity index (χ3n) is 2.40. The molecule has 1 aromatic carbocycles. The topological polar surface area (TPSA) is 26.3 Å². The van der Waals surface area contributed by atoms with Crippen molar-refractivity contribution >= 4 is 5.78 Å². The van der Waals surface area contributed by atoms with E-state index in [-0.39, 0.29) is 5.78 Å². The van der Waals surface area contributed by atoms with Gasteiger partial charge < -0.3 is 4.74 Å². The van der Waals surface area contributed by atoms with Crippen LogP contribution in [0.3, 0.4) is 0 Å². The minimum absolute atomic E-state index is 0.0150. The van der Waals surface area contributed by atoms with Crippen LogP contribution in [0.2, 0.25) is 0 Å². The van der Waals surface area contributed by atoms with E-state index in [1.54, 1.807) is 14.0 Å². The van der Waals surface area contributed by atoms with Gasteiger partial charge in [0.1, 0.15) is 5.60 Å². The van der Waals surface area contributed by atoms with E-state index in [0.717, 1.165) is 5.56 Å². The summed E-state index contributed by atoms with van der Waals surface area (Å²) in [7, 11) is 1.55. The molecule has 1 atom stereocenters. The number of hydrogen-bond donors (Lipinski definition) is 0. The van der Waals surface area contributed by atoms with Gasteiger partial charge in [-0.1, -0.05) is 30.3 Å². The van der Waals surface area contributed by atoms with Crippen LogP contribution in [-0.4, -0.2) is 12.9 Å². The molecule has 0 aromatic heterocycles. The number of Topliss-reactive ketones (excluding diaryl/α,β-unsaturated/α-hetero) is 1. The number of benzene rings is 1. The molecule has 0 N–H and O–H groups in total. The minimum Gasteiger partial charge on any atom is -0.366 e. The van der Waals surface area contributed by atoms with Crippen molar-refractivity contribution in [3.8, 4) is 0 Å². The number of carbonyl (C=O) groups is 1. The van der Waals surface area contributed by atoms with E-state index in [4.69, 9.17) is 4.74 Å². The standard InChI is InChI=1S/C11H14O2/c1-9(12)11(2,13-3)10-7-5-4-6-8-10/h4-8H,1-3H3. The Morgan fingerprint density at radius 2 is 1.85 bits per heavy atom. The van der Waals surface area contributed by atoms with E-state index in [1.807, 2.05) is 30.3 Å². The monoisotopic (exact) mass is 178 g/mol. The SMILES string of the molecule is COC(C)(C(C)=O)c1ccccc1. The van der Waals surface area contributed by atoms with Gasteiger partial charge >= 0.3 is 0 Å². The number of carbonyl (C=O) groups excluding carboxylic acids is 1. The Morgan fingerprint density at radius 3 is 2.23 bits per heavy atom. The fourth-order valence-corrected chi connectivity index (χ4v) is 1.22. The Kier molecular flexibility index (Phi) is 2.83. The lowest BCUT2D eigenvalue weighted by atomic mass is 9.92. The van der Waals surface area contributed by atoms with Crippen molar-refractivity contribution in [1.82, 2.24) is 0 Å². The van der Waals surface area contributed by atoms with E-state index in [2.05, 4.69) is 0 Å². The molecule has 0 radical (unpaired) electrons. The van der Waals surface area contributed by atoms with Gasteiger partial charge in [0.2, 0.25) is 0 Å². The fraction of sp³-hybridized carbons (Fsp3) is 0.364. The van der Waals surface area contributed by atoms with Crippen molar-refractivity contribution in [3.63, 3.8) is 0 Å². The summed E-state index contributed by atoms with van der Waals surface area (Å²) in [6.07, 6.45) is 0. The molecule has 70 valence electrons. The highest BCUT2D eigenvalue weighted by Crippen LogP contribution is 2.24. The summed E-state index contributed by atoms with van der Waals surface area (Å²) in [5.74, 6) is 0.0150. The molecule has 2 nitrogen and oxygen atoms in total. The average molecular weight is 178 g/mol. The minimum atomic E-state index is -0.804. The summed E-state index contributed by atoms with van der Waals surface area (Å²) >= 11 is 0. The summed E-state index contributed by atoms with van der Waals surface area (Å²) in [5, 5.41) is 0. The average Bonchev–Trinajstić information content (AvgIpc) is 2.17. The smallest absolute Gasteiger partial charge is 0.165 e. The van der Waals surface area contributed by atoms with Gasteiger partial charge in [-0.15, -0.1) is 0 Å². The first kappa shape index (κ1) is 9.93. The van der Waals surface area contributed by atoms with E-state index in [1.165, 1.54) is 6.92 Å². The van der Waals surface area contributed by atoms with Gasteiger partial charge in [-0.05, 0) is 19.4 Å². The molecule has 0 aliphatic rings. The molecule has 0 aliphatic carbocycles. The molecule has 1 unspecified atom stereocenters. The number of ketones is 1. The molecular formula is C11H14O2. The highest BCUT2D eigenvalue weighted by atomic mass is 16.5. The molecule has 0 heterocycles. The maximum Gasteiger partial charge on any atom is 0.165 e. The van der Waals surface area contributed by atoms with Crippen LogP contribution in [0.5, 0.6) is 0 Å². The zero-order chi connectivity index (χ0) is 9.90. The maximum absolute atomic E-state index is 11.4. The predicted octanol–water partition coefficient (Wildman–Crippen LogP) is 2.14. The van der Waals surface area contributed by atoms with Crippen molar-refractivity contribution in [2.24, 2.45) is 0 Å². The molecule has 0 bridgehead atoms. The van der Waals surface area contributed by atoms with E-state index >= 15 is 0 Å². The zero-order valence-electron chi connectivity index (χ0n) is 8.20. The molecule has 2 heteroatoms. The quantitative estimate of drug-likeness (QED) is 0.708. The largest absolute Gasteiger partial charge is 0.366 e. The highest BCUT2D eigenvalue weighted by Gasteiger charge is 2.31. The molecule has 0 saturated carbocycles. The summed E-state index contributed by atoms with van der Waals surface area (Å²) < 4.78 is 5.24. The van der Waals surface area contributed by atoms with Crippen molar-refractivity contribution in [1.29, 1.82) is 0 Å². The van der Waals surface area contributed by atoms with Crippen LogP contribution in [0.4, 0.5) is 0 Å². The number of methoxy groups -OCH3 is 1. The van der Waals surface area contributed by atoms with Crippen molar-refractivity contribution in [2.75, 3.05) is 7.11 Å². The lowest BCUT2D eigenvalue weighted by Gasteiger charge is -2.25. The molecular weight excluding hydrogens is 164 g/mol. The van der Waals surface area contributed by atoms with Crippen LogP contribution >= 0.6 is 0 Å². The van der Waals surface area contributed by atoms with E-state index < -0.39 is 5.60 Å². The van der Waals surface area contributed by atoms with Crippen molar-refractivity contribution < 1.29 is 9.53 Å². The van der Waals surface area contributed by atoms with E-state index in [9.17, 15) is 4.79 Å². The number of ether oxygens (including phenoxy) is 1. The number of rotatable bonds is 3. The molecule has 0 fully saturated rings. The number of hydrogen-bond acceptors (Lipinski definition) is 2. The first-order valence-electron chi connectivity index (χ1n) is 4.23. The zero-order valence-corrected chi connectivity index (χ0v) is 8.20. The summed E-state index contributed by atoms with van der Waals surface area (Å²) in [4.78, 5) is 11.4. The Bertz CT molecular complexity index is 292. The second-order valence-corrected chi connectivity index (χ2v) is 3.16. The fourth-order valence-electron chi connectivity index (χ4n) is 1.22. The van der Waals surface area contributed by atoms with E-state index in [0.29, 0.717) is 0 Å². The maximum atomic E-state index is 11.4. The lowest BCUT2D eigenvalue weighted by Crippen LogP contribution is -2.32. The van der Waals surface area contributed by atoms with Gasteiger partial charge in [0.25, 0.3) is 0 Å². The Morgan fingerprint density at radius 1 is 1.31 bits per heavy atom. The van der Waals surface area contributed by atoms with Gasteiger partial charge in [0, 0.05) is 7.11 Å². The van der Waals surface area contributed by atoms with Crippen molar-refractivity contribution in [3.05, 3.63) is 35.9 Å². The molecule has 0 aliphatic heterocycles. The Labute approximate surface area is 78.5 Å². The summed E-state index contributed by atoms with van der Waals surface area (Å²) in [5.41, 5.74) is 0.0892. The lowest BCUT2D eigenvalue weighted by molar-refractivity contribution is -0.137. The highest BCUT2D eigenvalue weighted by molar-refractivity contribution is 5.85. The molecule has 1 rings (SSSR count). The molecule has 13 heavy (non-hydrogen) atoms. The van der Waals surface area contributed by atoms with Crippen LogP contribution in [0.15, 0.2) is 30.3 Å². The van der Waals surface area contributed by atoms with Crippen LogP contribution in [0, 0.1) is 0 Å². The van der Waals surface area contributed by atoms with Gasteiger partial charge in [0.15, 0.2) is 5.78 Å². The van der Waals surface area contributed by atoms with Crippen LogP contribution in [0.25, 0.3) is 0 Å². The first-order chi connectivity index (χ1) is 6.11. The van der Waals surface area contributed by atoms with Gasteiger partial charge in [0.05, 0.1) is 0 Å². The summed E-state index contributed by atoms with van der Waals surface area (Å²) in [6, 6.07) is 9.50. The second kappa shape index (κ2) is 3.71. The van der Waals surface area contributed by atoms with Gasteiger partial charge in [-0.25, -0.2) is 0 Å². The van der Waals surface area contributed by atoms with Crippen LogP contribution in [0.1, 0.15) is 19.4 Å². The first-order valence-corrected chi connectivity index (χ1v) is 4.23. The van der Waals surface area contributed by atoms with Crippen LogP contribution in [-0.2, 0) is 15.1 Å². The van der Waals surface area contributed by atoms with Gasteiger partial charge in [-0.2, -0.15) is 0 Å². The molecule has 0 amide bonds.